The van der Waals surface area contributed by atoms with Crippen LogP contribution in [0.15, 0.2) is 50.1 Å². The van der Waals surface area contributed by atoms with Crippen LogP contribution in [0.4, 0.5) is 0 Å². The fourth-order valence-electron chi connectivity index (χ4n) is 0.832. The zero-order valence-electron chi connectivity index (χ0n) is 8.82. The standard InChI is InChI=1S/2C6H6N2/c2*1-2-6-7-4-3-5-8-6/h2*2-5H,1H2. The molecule has 0 amide bonds. The minimum absolute atomic E-state index is 0.674. The van der Waals surface area contributed by atoms with Gasteiger partial charge in [0.2, 0.25) is 0 Å². The summed E-state index contributed by atoms with van der Waals surface area (Å²) in [5.41, 5.74) is 0. The molecule has 2 aromatic rings. The summed E-state index contributed by atoms with van der Waals surface area (Å²) in [4.78, 5) is 15.5. The second kappa shape index (κ2) is 7.00. The van der Waals surface area contributed by atoms with E-state index in [0.29, 0.717) is 11.6 Å². The molecule has 0 aliphatic heterocycles. The van der Waals surface area contributed by atoms with Crippen LogP contribution in [0.1, 0.15) is 11.6 Å². The van der Waals surface area contributed by atoms with Crippen LogP contribution >= 0.6 is 0 Å². The molecule has 0 fully saturated rings. The highest BCUT2D eigenvalue weighted by Gasteiger charge is 1.79. The molecule has 2 heterocycles. The van der Waals surface area contributed by atoms with E-state index in [1.165, 1.54) is 0 Å². The lowest BCUT2D eigenvalue weighted by Crippen LogP contribution is -1.80. The summed E-state index contributed by atoms with van der Waals surface area (Å²) < 4.78 is 0. The second-order valence-corrected chi connectivity index (χ2v) is 2.62. The Balaban J connectivity index is 0.000000160. The molecule has 0 aromatic carbocycles. The fourth-order valence-corrected chi connectivity index (χ4v) is 0.832. The van der Waals surface area contributed by atoms with E-state index in [1.807, 2.05) is 0 Å². The zero-order chi connectivity index (χ0) is 11.6. The van der Waals surface area contributed by atoms with Gasteiger partial charge in [0.1, 0.15) is 0 Å². The molecule has 4 nitrogen and oxygen atoms in total. The maximum atomic E-state index is 3.87. The molecular weight excluding hydrogens is 200 g/mol. The van der Waals surface area contributed by atoms with Gasteiger partial charge in [0.15, 0.2) is 11.6 Å². The molecule has 0 aliphatic carbocycles. The van der Waals surface area contributed by atoms with Crippen molar-refractivity contribution in [1.29, 1.82) is 0 Å². The van der Waals surface area contributed by atoms with Gasteiger partial charge in [-0.3, -0.25) is 0 Å². The van der Waals surface area contributed by atoms with E-state index in [2.05, 4.69) is 33.1 Å². The van der Waals surface area contributed by atoms with Crippen LogP contribution in [0.25, 0.3) is 12.2 Å². The topological polar surface area (TPSA) is 51.6 Å². The molecule has 0 saturated carbocycles. The van der Waals surface area contributed by atoms with E-state index in [-0.39, 0.29) is 0 Å². The summed E-state index contributed by atoms with van der Waals surface area (Å²) in [7, 11) is 0. The van der Waals surface area contributed by atoms with Gasteiger partial charge < -0.3 is 0 Å². The van der Waals surface area contributed by atoms with E-state index >= 15 is 0 Å². The van der Waals surface area contributed by atoms with Crippen molar-refractivity contribution in [2.45, 2.75) is 0 Å². The molecule has 80 valence electrons. The SMILES string of the molecule is C=Cc1ncccn1.C=Cc1ncccn1. The first-order valence-corrected chi connectivity index (χ1v) is 4.65. The highest BCUT2D eigenvalue weighted by atomic mass is 14.8. The molecule has 0 atom stereocenters. The first-order chi connectivity index (χ1) is 7.86. The predicted molar refractivity (Wildman–Crippen MR) is 64.2 cm³/mol. The maximum Gasteiger partial charge on any atom is 0.151 e. The number of hydrogen-bond acceptors (Lipinski definition) is 4. The van der Waals surface area contributed by atoms with Crippen molar-refractivity contribution in [1.82, 2.24) is 19.9 Å². The van der Waals surface area contributed by atoms with Gasteiger partial charge in [-0.25, -0.2) is 19.9 Å². The smallest absolute Gasteiger partial charge is 0.151 e. The molecule has 4 heteroatoms. The van der Waals surface area contributed by atoms with E-state index < -0.39 is 0 Å². The molecule has 0 bridgehead atoms. The number of nitrogens with zero attached hydrogens (tertiary/aromatic N) is 4. The van der Waals surface area contributed by atoms with Crippen LogP contribution in [0, 0.1) is 0 Å². The average molecular weight is 212 g/mol. The van der Waals surface area contributed by atoms with Gasteiger partial charge in [-0.05, 0) is 24.3 Å². The molecule has 0 radical (unpaired) electrons. The fraction of sp³-hybridized carbons (Fsp3) is 0. The lowest BCUT2D eigenvalue weighted by molar-refractivity contribution is 1.14. The third-order valence-electron chi connectivity index (χ3n) is 1.54. The minimum Gasteiger partial charge on any atom is -0.237 e. The Bertz CT molecular complexity index is 382. The van der Waals surface area contributed by atoms with Crippen LogP contribution in [0.5, 0.6) is 0 Å². The Morgan fingerprint density at radius 2 is 1.00 bits per heavy atom. The lowest BCUT2D eigenvalue weighted by atomic mass is 10.5. The van der Waals surface area contributed by atoms with E-state index in [9.17, 15) is 0 Å². The van der Waals surface area contributed by atoms with Crippen LogP contribution in [-0.4, -0.2) is 19.9 Å². The summed E-state index contributed by atoms with van der Waals surface area (Å²) in [6.45, 7) is 7.01. The summed E-state index contributed by atoms with van der Waals surface area (Å²) in [5, 5.41) is 0. The highest BCUT2D eigenvalue weighted by molar-refractivity contribution is 5.34. The molecule has 16 heavy (non-hydrogen) atoms. The van der Waals surface area contributed by atoms with Crippen molar-refractivity contribution in [3.8, 4) is 0 Å². The summed E-state index contributed by atoms with van der Waals surface area (Å²) in [6.07, 6.45) is 9.96. The number of aromatic nitrogens is 4. The normalized spacial score (nSPS) is 8.50. The van der Waals surface area contributed by atoms with Crippen molar-refractivity contribution in [3.63, 3.8) is 0 Å². The van der Waals surface area contributed by atoms with Crippen molar-refractivity contribution in [3.05, 3.63) is 61.7 Å². The quantitative estimate of drug-likeness (QED) is 0.766. The first-order valence-electron chi connectivity index (χ1n) is 4.65. The van der Waals surface area contributed by atoms with Crippen molar-refractivity contribution in [2.24, 2.45) is 0 Å². The van der Waals surface area contributed by atoms with Gasteiger partial charge in [0.05, 0.1) is 0 Å². The highest BCUT2D eigenvalue weighted by Crippen LogP contribution is 1.86. The monoisotopic (exact) mass is 212 g/mol. The predicted octanol–water partition coefficient (Wildman–Crippen LogP) is 2.24. The summed E-state index contributed by atoms with van der Waals surface area (Å²) in [5.74, 6) is 1.35. The summed E-state index contributed by atoms with van der Waals surface area (Å²) >= 11 is 0. The molecule has 0 spiro atoms. The molecule has 2 rings (SSSR count). The molecule has 0 aliphatic rings. The van der Waals surface area contributed by atoms with Gasteiger partial charge in [0, 0.05) is 24.8 Å². The van der Waals surface area contributed by atoms with Crippen LogP contribution in [0.3, 0.4) is 0 Å². The maximum absolute atomic E-state index is 3.87. The van der Waals surface area contributed by atoms with Crippen molar-refractivity contribution < 1.29 is 0 Å². The number of rotatable bonds is 2. The van der Waals surface area contributed by atoms with E-state index in [1.54, 1.807) is 49.1 Å². The Morgan fingerprint density at radius 3 is 1.19 bits per heavy atom. The van der Waals surface area contributed by atoms with Crippen molar-refractivity contribution in [2.75, 3.05) is 0 Å². The Labute approximate surface area is 94.5 Å². The molecule has 0 N–H and O–H groups in total. The Morgan fingerprint density at radius 1 is 0.688 bits per heavy atom. The Kier molecular flexibility index (Phi) is 5.13. The molecular formula is C12H12N4. The van der Waals surface area contributed by atoms with Gasteiger partial charge in [-0.15, -0.1) is 0 Å². The van der Waals surface area contributed by atoms with E-state index in [0.717, 1.165) is 0 Å². The van der Waals surface area contributed by atoms with Gasteiger partial charge in [-0.1, -0.05) is 13.2 Å². The molecule has 2 aromatic heterocycles. The van der Waals surface area contributed by atoms with Gasteiger partial charge in [-0.2, -0.15) is 0 Å². The van der Waals surface area contributed by atoms with Crippen LogP contribution in [0.2, 0.25) is 0 Å². The van der Waals surface area contributed by atoms with Gasteiger partial charge in [0.25, 0.3) is 0 Å². The third kappa shape index (κ3) is 4.23. The van der Waals surface area contributed by atoms with Gasteiger partial charge >= 0.3 is 0 Å². The van der Waals surface area contributed by atoms with E-state index in [4.69, 9.17) is 0 Å². The average Bonchev–Trinajstić information content (AvgIpc) is 2.41. The second-order valence-electron chi connectivity index (χ2n) is 2.62. The first kappa shape index (κ1) is 11.7. The lowest BCUT2D eigenvalue weighted by Gasteiger charge is -1.83. The molecule has 0 saturated heterocycles. The third-order valence-corrected chi connectivity index (χ3v) is 1.54. The van der Waals surface area contributed by atoms with Crippen LogP contribution in [-0.2, 0) is 0 Å². The number of hydrogen-bond donors (Lipinski definition) is 0. The zero-order valence-corrected chi connectivity index (χ0v) is 8.82. The van der Waals surface area contributed by atoms with Crippen molar-refractivity contribution >= 4 is 12.2 Å². The summed E-state index contributed by atoms with van der Waals surface area (Å²) in [6, 6.07) is 3.54. The largest absolute Gasteiger partial charge is 0.237 e. The molecule has 0 unspecified atom stereocenters. The Hall–Kier alpha value is -2.36. The minimum atomic E-state index is 0.674. The van der Waals surface area contributed by atoms with Crippen LogP contribution < -0.4 is 0 Å².